The van der Waals surface area contributed by atoms with E-state index < -0.39 is 22.1 Å². The second kappa shape index (κ2) is 23.9. The fourth-order valence-electron chi connectivity index (χ4n) is 7.20. The van der Waals surface area contributed by atoms with Crippen molar-refractivity contribution >= 4 is 50.2 Å². The number of ether oxygens (including phenoxy) is 1. The van der Waals surface area contributed by atoms with Crippen LogP contribution in [0.1, 0.15) is 65.0 Å². The molecular weight excluding hydrogens is 901 g/mol. The normalized spacial score (nSPS) is 16.8. The molecule has 356 valence electrons. The Labute approximate surface area is 388 Å². The van der Waals surface area contributed by atoms with E-state index in [1.54, 1.807) is 37.4 Å². The van der Waals surface area contributed by atoms with E-state index in [0.717, 1.165) is 11.1 Å². The van der Waals surface area contributed by atoms with E-state index in [-0.39, 0.29) is 34.5 Å². The molecule has 1 aliphatic rings. The molecule has 2 amide bonds. The summed E-state index contributed by atoms with van der Waals surface area (Å²) < 4.78 is 44.1. The number of nitrogens with one attached hydrogen (secondary N) is 2. The lowest BCUT2D eigenvalue weighted by Crippen LogP contribution is -2.36. The lowest BCUT2D eigenvalue weighted by Gasteiger charge is -2.26. The van der Waals surface area contributed by atoms with Crippen molar-refractivity contribution in [2.45, 2.75) is 59.2 Å². The van der Waals surface area contributed by atoms with Gasteiger partial charge in [-0.2, -0.15) is 0 Å². The lowest BCUT2D eigenvalue weighted by molar-refractivity contribution is -0.122. The van der Waals surface area contributed by atoms with Gasteiger partial charge in [0.25, 0.3) is 0 Å². The molecule has 0 saturated carbocycles. The molecule has 0 spiro atoms. The van der Waals surface area contributed by atoms with Gasteiger partial charge < -0.3 is 30.1 Å². The zero-order chi connectivity index (χ0) is 48.1. The first-order valence-electron chi connectivity index (χ1n) is 21.9. The first-order chi connectivity index (χ1) is 31.1. The Balaban J connectivity index is 1.30. The van der Waals surface area contributed by atoms with Gasteiger partial charge in [-0.3, -0.25) is 38.0 Å². The highest BCUT2D eigenvalue weighted by Crippen LogP contribution is 2.35. The fraction of sp³-hybridized carbons (Fsp3) is 0.457. The van der Waals surface area contributed by atoms with Crippen molar-refractivity contribution in [3.63, 3.8) is 0 Å². The van der Waals surface area contributed by atoms with E-state index >= 15 is 0 Å². The summed E-state index contributed by atoms with van der Waals surface area (Å²) in [5, 5.41) is 5.38. The van der Waals surface area contributed by atoms with Crippen LogP contribution in [0, 0.1) is 25.7 Å². The van der Waals surface area contributed by atoms with E-state index in [9.17, 15) is 38.0 Å². The number of nitrogens with zero attached hydrogens (tertiary/aromatic N) is 6. The number of hydrogen-bond acceptors (Lipinski definition) is 12. The van der Waals surface area contributed by atoms with Crippen LogP contribution < -0.4 is 31.7 Å². The highest BCUT2D eigenvalue weighted by atomic mass is 31.2. The van der Waals surface area contributed by atoms with E-state index in [1.807, 2.05) is 44.2 Å². The maximum Gasteiger partial charge on any atom is 0.244 e. The summed E-state index contributed by atoms with van der Waals surface area (Å²) >= 11 is 0. The maximum absolute atomic E-state index is 13.1. The number of rotatable bonds is 18. The Morgan fingerprint density at radius 2 is 1.05 bits per heavy atom. The fourth-order valence-corrected chi connectivity index (χ4v) is 9.41. The second-order valence-electron chi connectivity index (χ2n) is 17.0. The minimum Gasteiger partial charge on any atom is -0.494 e. The quantitative estimate of drug-likeness (QED) is 0.0549. The predicted octanol–water partition coefficient (Wildman–Crippen LogP) is 3.09. The van der Waals surface area contributed by atoms with Gasteiger partial charge in [0.05, 0.1) is 23.7 Å². The molecule has 4 aromatic rings. The topological polar surface area (TPSA) is 228 Å². The average Bonchev–Trinajstić information content (AvgIpc) is 3.32. The van der Waals surface area contributed by atoms with Crippen molar-refractivity contribution in [1.29, 1.82) is 0 Å². The third kappa shape index (κ3) is 17.6. The summed E-state index contributed by atoms with van der Waals surface area (Å²) in [5.41, 5.74) is 5.23. The van der Waals surface area contributed by atoms with Gasteiger partial charge in [0.2, 0.25) is 33.9 Å². The number of aryl methyl sites for hydroxylation is 2. The molecule has 0 aliphatic carbocycles. The Hall–Kier alpha value is -4.58. The Bertz CT molecular complexity index is 2450. The maximum atomic E-state index is 13.1. The minimum atomic E-state index is -3.78. The van der Waals surface area contributed by atoms with E-state index in [0.29, 0.717) is 125 Å². The first-order valence-corrected chi connectivity index (χ1v) is 28.2. The van der Waals surface area contributed by atoms with Crippen LogP contribution >= 0.6 is 22.1 Å². The van der Waals surface area contributed by atoms with Gasteiger partial charge in [0, 0.05) is 116 Å². The van der Waals surface area contributed by atoms with Crippen LogP contribution in [-0.2, 0) is 42.9 Å². The summed E-state index contributed by atoms with van der Waals surface area (Å²) in [6, 6.07) is 17.8. The number of carbonyl (C=O) groups excluding carboxylic acids is 2. The van der Waals surface area contributed by atoms with Crippen LogP contribution in [0.25, 0.3) is 0 Å². The SMILES string of the molecule is CNC(=O)CCCC(=O)NCCCOc1ccc(C#Cc2cc(CN3CCN(Cc4cc(C)cc(P(C)(=O)O)n4)CCN(Cc4cc(C)cc(P(C)(=O)O)n4)CC3)nc(P(C)(=O)O)c2)cc1. The van der Waals surface area contributed by atoms with Gasteiger partial charge in [0.1, 0.15) is 22.1 Å². The molecule has 1 saturated heterocycles. The van der Waals surface area contributed by atoms with Gasteiger partial charge in [-0.15, -0.1) is 0 Å². The first kappa shape index (κ1) is 52.4. The number of pyridine rings is 3. The van der Waals surface area contributed by atoms with Gasteiger partial charge in [-0.25, -0.2) is 15.0 Å². The molecule has 1 fully saturated rings. The highest BCUT2D eigenvalue weighted by Gasteiger charge is 2.24. The summed E-state index contributed by atoms with van der Waals surface area (Å²) in [6.45, 7) is 13.4. The minimum absolute atomic E-state index is 0.0532. The molecule has 0 bridgehead atoms. The molecule has 1 aliphatic heterocycles. The lowest BCUT2D eigenvalue weighted by atomic mass is 10.1. The molecule has 3 aromatic heterocycles. The molecule has 4 heterocycles. The van der Waals surface area contributed by atoms with Crippen molar-refractivity contribution < 1.29 is 42.7 Å². The molecular formula is C46H63N8O9P3. The number of hydrogen-bond donors (Lipinski definition) is 5. The summed E-state index contributed by atoms with van der Waals surface area (Å²) in [4.78, 5) is 75.2. The van der Waals surface area contributed by atoms with Crippen LogP contribution in [0.5, 0.6) is 5.75 Å². The van der Waals surface area contributed by atoms with E-state index in [2.05, 4.69) is 52.1 Å². The van der Waals surface area contributed by atoms with Crippen molar-refractivity contribution in [2.24, 2.45) is 0 Å². The van der Waals surface area contributed by atoms with Crippen LogP contribution in [0.15, 0.2) is 60.7 Å². The molecule has 5 N–H and O–H groups in total. The standard InChI is InChI=1S/C46H63N8O9P3/c1-34-25-38(49-44(27-34)64(4,57)58)31-52-18-19-53(32-39-26-35(2)28-45(50-39)65(5,59)60)21-23-54(22-20-52)33-40-29-37(30-46(51-40)66(6,61)62)12-11-36-13-15-41(16-14-36)63-24-8-17-48-43(56)10-7-9-42(55)47-3/h13-16,25-30H,7-10,17-24,31-33H2,1-6H3,(H,47,55)(H,48,56)(H,57,58)(H,59,60)(H,61,62). The van der Waals surface area contributed by atoms with Crippen LogP contribution in [-0.4, -0.2) is 136 Å². The third-order valence-corrected chi connectivity index (χ3v) is 14.0. The molecule has 0 radical (unpaired) electrons. The van der Waals surface area contributed by atoms with Gasteiger partial charge in [0.15, 0.2) is 0 Å². The Morgan fingerprint density at radius 1 is 0.621 bits per heavy atom. The number of benzene rings is 1. The van der Waals surface area contributed by atoms with Crippen molar-refractivity contribution in [1.82, 2.24) is 40.3 Å². The zero-order valence-electron chi connectivity index (χ0n) is 38.7. The molecule has 3 unspecified atom stereocenters. The molecule has 5 rings (SSSR count). The second-order valence-corrected chi connectivity index (χ2v) is 23.7. The van der Waals surface area contributed by atoms with Crippen molar-refractivity contribution in [3.05, 3.63) is 100.0 Å². The van der Waals surface area contributed by atoms with Gasteiger partial charge in [-0.1, -0.05) is 11.8 Å². The zero-order valence-corrected chi connectivity index (χ0v) is 41.4. The largest absolute Gasteiger partial charge is 0.494 e. The van der Waals surface area contributed by atoms with Crippen LogP contribution in [0.4, 0.5) is 0 Å². The van der Waals surface area contributed by atoms with Crippen LogP contribution in [0.3, 0.4) is 0 Å². The third-order valence-electron chi connectivity index (χ3n) is 10.7. The smallest absolute Gasteiger partial charge is 0.244 e. The molecule has 17 nitrogen and oxygen atoms in total. The van der Waals surface area contributed by atoms with E-state index in [1.165, 1.54) is 20.0 Å². The van der Waals surface area contributed by atoms with Crippen molar-refractivity contribution in [2.75, 3.05) is 79.5 Å². The summed E-state index contributed by atoms with van der Waals surface area (Å²) in [5.74, 6) is 6.76. The average molecular weight is 965 g/mol. The number of carbonyl (C=O) groups is 2. The molecule has 20 heteroatoms. The number of aromatic nitrogens is 3. The predicted molar refractivity (Wildman–Crippen MR) is 258 cm³/mol. The van der Waals surface area contributed by atoms with Crippen LogP contribution in [0.2, 0.25) is 0 Å². The monoisotopic (exact) mass is 964 g/mol. The van der Waals surface area contributed by atoms with E-state index in [4.69, 9.17) is 4.74 Å². The number of amides is 2. The van der Waals surface area contributed by atoms with Gasteiger partial charge in [-0.05, 0) is 98.5 Å². The summed E-state index contributed by atoms with van der Waals surface area (Å²) in [6.07, 6.45) is 1.70. The Kier molecular flexibility index (Phi) is 19.0. The Morgan fingerprint density at radius 3 is 1.50 bits per heavy atom. The highest BCUT2D eigenvalue weighted by molar-refractivity contribution is 7.65. The molecule has 1 aromatic carbocycles. The molecule has 3 atom stereocenters. The van der Waals surface area contributed by atoms with Crippen molar-refractivity contribution in [3.8, 4) is 17.6 Å². The molecule has 66 heavy (non-hydrogen) atoms. The van der Waals surface area contributed by atoms with Gasteiger partial charge >= 0.3 is 0 Å². The summed E-state index contributed by atoms with van der Waals surface area (Å²) in [7, 11) is -9.39.